The van der Waals surface area contributed by atoms with Crippen molar-refractivity contribution < 1.29 is 19.1 Å². The van der Waals surface area contributed by atoms with Crippen LogP contribution >= 0.6 is 0 Å². The van der Waals surface area contributed by atoms with Gasteiger partial charge in [0.1, 0.15) is 12.3 Å². The maximum Gasteiger partial charge on any atom is 0.325 e. The smallest absolute Gasteiger partial charge is 0.325 e. The fourth-order valence-electron chi connectivity index (χ4n) is 1.85. The van der Waals surface area contributed by atoms with Crippen molar-refractivity contribution in [1.82, 2.24) is 4.90 Å². The van der Waals surface area contributed by atoms with Gasteiger partial charge in [-0.15, -0.1) is 0 Å². The van der Waals surface area contributed by atoms with Gasteiger partial charge in [0.25, 0.3) is 0 Å². The Morgan fingerprint density at radius 1 is 1.25 bits per heavy atom. The van der Waals surface area contributed by atoms with Gasteiger partial charge in [0, 0.05) is 6.54 Å². The standard InChI is InChI=1S/C15H21NO4/c1-4-8-16(11-15(18)20-3)14(17)10-12-6-5-7-13(9-12)19-2/h5-7,9H,4,8,10-11H2,1-3H3. The summed E-state index contributed by atoms with van der Waals surface area (Å²) in [4.78, 5) is 25.1. The number of benzene rings is 1. The minimum atomic E-state index is -0.405. The second kappa shape index (κ2) is 8.19. The Hall–Kier alpha value is -2.04. The summed E-state index contributed by atoms with van der Waals surface area (Å²) in [6.07, 6.45) is 1.04. The molecule has 0 bridgehead atoms. The second-order valence-electron chi connectivity index (χ2n) is 4.42. The Balaban J connectivity index is 2.71. The molecule has 0 radical (unpaired) electrons. The van der Waals surface area contributed by atoms with Gasteiger partial charge in [0.05, 0.1) is 20.6 Å². The lowest BCUT2D eigenvalue weighted by molar-refractivity contribution is -0.146. The maximum absolute atomic E-state index is 12.2. The van der Waals surface area contributed by atoms with Crippen LogP contribution < -0.4 is 4.74 Å². The Bertz CT molecular complexity index is 459. The van der Waals surface area contributed by atoms with Gasteiger partial charge in [-0.05, 0) is 24.1 Å². The molecule has 1 rings (SSSR count). The summed E-state index contributed by atoms with van der Waals surface area (Å²) in [7, 11) is 2.90. The largest absolute Gasteiger partial charge is 0.497 e. The molecule has 1 aromatic rings. The summed E-state index contributed by atoms with van der Waals surface area (Å²) >= 11 is 0. The van der Waals surface area contributed by atoms with Gasteiger partial charge in [-0.25, -0.2) is 0 Å². The van der Waals surface area contributed by atoms with Crippen molar-refractivity contribution in [2.24, 2.45) is 0 Å². The molecule has 1 aromatic carbocycles. The summed E-state index contributed by atoms with van der Waals surface area (Å²) in [5.74, 6) is 0.216. The highest BCUT2D eigenvalue weighted by molar-refractivity contribution is 5.83. The first-order valence-corrected chi connectivity index (χ1v) is 6.58. The molecule has 0 fully saturated rings. The van der Waals surface area contributed by atoms with Crippen molar-refractivity contribution in [3.63, 3.8) is 0 Å². The molecule has 0 aromatic heterocycles. The van der Waals surface area contributed by atoms with Crippen LogP contribution in [0.25, 0.3) is 0 Å². The predicted octanol–water partition coefficient (Wildman–Crippen LogP) is 1.65. The number of esters is 1. The van der Waals surface area contributed by atoms with Gasteiger partial charge >= 0.3 is 5.97 Å². The monoisotopic (exact) mass is 279 g/mol. The summed E-state index contributed by atoms with van der Waals surface area (Å²) in [5, 5.41) is 0. The normalized spacial score (nSPS) is 9.95. The number of carbonyl (C=O) groups excluding carboxylic acids is 2. The lowest BCUT2D eigenvalue weighted by Gasteiger charge is -2.20. The quantitative estimate of drug-likeness (QED) is 0.712. The molecule has 0 saturated heterocycles. The summed E-state index contributed by atoms with van der Waals surface area (Å²) in [5.41, 5.74) is 0.861. The molecular weight excluding hydrogens is 258 g/mol. The van der Waals surface area contributed by atoms with Gasteiger partial charge in [-0.2, -0.15) is 0 Å². The summed E-state index contributed by atoms with van der Waals surface area (Å²) in [6.45, 7) is 2.49. The third kappa shape index (κ3) is 4.91. The Morgan fingerprint density at radius 3 is 2.60 bits per heavy atom. The predicted molar refractivity (Wildman–Crippen MR) is 75.6 cm³/mol. The Kier molecular flexibility index (Phi) is 6.56. The molecule has 0 spiro atoms. The zero-order valence-corrected chi connectivity index (χ0v) is 12.2. The molecule has 0 unspecified atom stereocenters. The van der Waals surface area contributed by atoms with Crippen molar-refractivity contribution in [1.29, 1.82) is 0 Å². The minimum absolute atomic E-state index is 0.00680. The molecule has 0 aliphatic rings. The molecule has 0 N–H and O–H groups in total. The van der Waals surface area contributed by atoms with Crippen LogP contribution in [0.2, 0.25) is 0 Å². The van der Waals surface area contributed by atoms with Gasteiger partial charge < -0.3 is 14.4 Å². The van der Waals surface area contributed by atoms with Crippen molar-refractivity contribution in [2.75, 3.05) is 27.3 Å². The number of amides is 1. The van der Waals surface area contributed by atoms with Crippen LogP contribution in [0, 0.1) is 0 Å². The molecule has 0 aliphatic heterocycles. The van der Waals surface area contributed by atoms with E-state index < -0.39 is 5.97 Å². The van der Waals surface area contributed by atoms with E-state index in [0.717, 1.165) is 12.0 Å². The number of hydrogen-bond acceptors (Lipinski definition) is 4. The second-order valence-corrected chi connectivity index (χ2v) is 4.42. The van der Waals surface area contributed by atoms with Crippen LogP contribution in [0.4, 0.5) is 0 Å². The minimum Gasteiger partial charge on any atom is -0.497 e. The Morgan fingerprint density at radius 2 is 2.00 bits per heavy atom. The number of rotatable bonds is 7. The molecule has 5 heteroatoms. The van der Waals surface area contributed by atoms with Crippen LogP contribution in [-0.2, 0) is 20.7 Å². The lowest BCUT2D eigenvalue weighted by Crippen LogP contribution is -2.37. The van der Waals surface area contributed by atoms with E-state index in [2.05, 4.69) is 4.74 Å². The van der Waals surface area contributed by atoms with Gasteiger partial charge in [0.2, 0.25) is 5.91 Å². The van der Waals surface area contributed by atoms with Crippen LogP contribution in [0.15, 0.2) is 24.3 Å². The third-order valence-electron chi connectivity index (χ3n) is 2.88. The number of carbonyl (C=O) groups is 2. The number of nitrogens with zero attached hydrogens (tertiary/aromatic N) is 1. The summed E-state index contributed by atoms with van der Waals surface area (Å²) < 4.78 is 9.74. The van der Waals surface area contributed by atoms with Crippen molar-refractivity contribution in [3.05, 3.63) is 29.8 Å². The van der Waals surface area contributed by atoms with E-state index in [1.165, 1.54) is 12.0 Å². The first-order valence-electron chi connectivity index (χ1n) is 6.58. The number of hydrogen-bond donors (Lipinski definition) is 0. The number of methoxy groups -OCH3 is 2. The van der Waals surface area contributed by atoms with E-state index in [0.29, 0.717) is 12.3 Å². The van der Waals surface area contributed by atoms with Crippen LogP contribution in [0.5, 0.6) is 5.75 Å². The SMILES string of the molecule is CCCN(CC(=O)OC)C(=O)Cc1cccc(OC)c1. The van der Waals surface area contributed by atoms with E-state index >= 15 is 0 Å². The zero-order chi connectivity index (χ0) is 15.0. The molecule has 1 amide bonds. The fourth-order valence-corrected chi connectivity index (χ4v) is 1.85. The average molecular weight is 279 g/mol. The van der Waals surface area contributed by atoms with Crippen LogP contribution in [0.1, 0.15) is 18.9 Å². The molecule has 0 heterocycles. The highest BCUT2D eigenvalue weighted by Crippen LogP contribution is 2.13. The van der Waals surface area contributed by atoms with Gasteiger partial charge in [0.15, 0.2) is 0 Å². The highest BCUT2D eigenvalue weighted by Gasteiger charge is 2.17. The van der Waals surface area contributed by atoms with Crippen LogP contribution in [-0.4, -0.2) is 44.1 Å². The molecule has 110 valence electrons. The molecule has 0 saturated carbocycles. The van der Waals surface area contributed by atoms with Crippen molar-refractivity contribution >= 4 is 11.9 Å². The van der Waals surface area contributed by atoms with E-state index in [9.17, 15) is 9.59 Å². The fraction of sp³-hybridized carbons (Fsp3) is 0.467. The van der Waals surface area contributed by atoms with E-state index in [4.69, 9.17) is 4.74 Å². The van der Waals surface area contributed by atoms with E-state index in [-0.39, 0.29) is 18.9 Å². The Labute approximate surface area is 119 Å². The van der Waals surface area contributed by atoms with Crippen molar-refractivity contribution in [2.45, 2.75) is 19.8 Å². The third-order valence-corrected chi connectivity index (χ3v) is 2.88. The first kappa shape index (κ1) is 16.0. The average Bonchev–Trinajstić information content (AvgIpc) is 2.46. The highest BCUT2D eigenvalue weighted by atomic mass is 16.5. The molecule has 5 nitrogen and oxygen atoms in total. The van der Waals surface area contributed by atoms with E-state index in [1.54, 1.807) is 7.11 Å². The maximum atomic E-state index is 12.2. The topological polar surface area (TPSA) is 55.8 Å². The van der Waals surface area contributed by atoms with Gasteiger partial charge in [-0.3, -0.25) is 9.59 Å². The molecular formula is C15H21NO4. The zero-order valence-electron chi connectivity index (χ0n) is 12.2. The molecule has 0 atom stereocenters. The van der Waals surface area contributed by atoms with Gasteiger partial charge in [-0.1, -0.05) is 19.1 Å². The molecule has 20 heavy (non-hydrogen) atoms. The first-order chi connectivity index (χ1) is 9.60. The van der Waals surface area contributed by atoms with Crippen molar-refractivity contribution in [3.8, 4) is 5.75 Å². The van der Waals surface area contributed by atoms with Crippen LogP contribution in [0.3, 0.4) is 0 Å². The molecule has 0 aliphatic carbocycles. The number of ether oxygens (including phenoxy) is 2. The van der Waals surface area contributed by atoms with E-state index in [1.807, 2.05) is 31.2 Å². The lowest BCUT2D eigenvalue weighted by atomic mass is 10.1. The summed E-state index contributed by atoms with van der Waals surface area (Å²) in [6, 6.07) is 7.35.